The van der Waals surface area contributed by atoms with Gasteiger partial charge in [-0.3, -0.25) is 0 Å². The molecule has 11 aromatic carbocycles. The molecule has 0 fully saturated rings. The Bertz CT molecular complexity index is 3860. The van der Waals surface area contributed by atoms with Crippen molar-refractivity contribution >= 4 is 60.4 Å². The quantitative estimate of drug-likeness (QED) is 0.155. The van der Waals surface area contributed by atoms with Crippen molar-refractivity contribution in [3.63, 3.8) is 0 Å². The van der Waals surface area contributed by atoms with E-state index < -0.39 is 0 Å². The predicted octanol–water partition coefficient (Wildman–Crippen LogP) is 17.9. The van der Waals surface area contributed by atoms with Gasteiger partial charge in [0.2, 0.25) is 0 Å². The van der Waals surface area contributed by atoms with Crippen molar-refractivity contribution in [3.8, 4) is 50.2 Å². The van der Waals surface area contributed by atoms with Crippen LogP contribution in [0.15, 0.2) is 243 Å². The van der Waals surface area contributed by atoms with Crippen LogP contribution in [0.5, 0.6) is 0 Å². The minimum absolute atomic E-state index is 0.108. The van der Waals surface area contributed by atoms with E-state index in [0.717, 1.165) is 22.7 Å². The average Bonchev–Trinajstić information content (AvgIpc) is 3.83. The van der Waals surface area contributed by atoms with E-state index in [4.69, 9.17) is 0 Å². The molecule has 2 nitrogen and oxygen atoms in total. The number of hydrogen-bond donors (Lipinski definition) is 0. The summed E-state index contributed by atoms with van der Waals surface area (Å²) in [6.07, 6.45) is 0. The smallest absolute Gasteiger partial charge is 0.0547 e. The van der Waals surface area contributed by atoms with Crippen LogP contribution in [-0.4, -0.2) is 4.57 Å². The van der Waals surface area contributed by atoms with Crippen LogP contribution in [-0.2, 0) is 5.41 Å². The molecule has 67 heavy (non-hydrogen) atoms. The van der Waals surface area contributed by atoms with Crippen molar-refractivity contribution in [2.24, 2.45) is 0 Å². The van der Waals surface area contributed by atoms with Crippen molar-refractivity contribution in [1.29, 1.82) is 0 Å². The van der Waals surface area contributed by atoms with Gasteiger partial charge in [-0.05, 0) is 156 Å². The molecule has 0 aliphatic heterocycles. The first kappa shape index (κ1) is 39.0. The fourth-order valence-corrected chi connectivity index (χ4v) is 11.0. The van der Waals surface area contributed by atoms with Gasteiger partial charge in [-0.15, -0.1) is 0 Å². The topological polar surface area (TPSA) is 8.17 Å². The molecular weight excluding hydrogens is 809 g/mol. The van der Waals surface area contributed by atoms with Gasteiger partial charge in [0.25, 0.3) is 0 Å². The van der Waals surface area contributed by atoms with Gasteiger partial charge in [0, 0.05) is 38.9 Å². The molecule has 13 rings (SSSR count). The third-order valence-corrected chi connectivity index (χ3v) is 14.3. The van der Waals surface area contributed by atoms with Crippen LogP contribution in [0.1, 0.15) is 25.0 Å². The molecular formula is C65H46N2. The number of anilines is 3. The minimum Gasteiger partial charge on any atom is -0.310 e. The zero-order valence-corrected chi connectivity index (χ0v) is 37.5. The van der Waals surface area contributed by atoms with Gasteiger partial charge >= 0.3 is 0 Å². The number of aromatic nitrogens is 1. The number of para-hydroxylation sites is 1. The third-order valence-electron chi connectivity index (χ3n) is 14.3. The van der Waals surface area contributed by atoms with E-state index in [1.54, 1.807) is 0 Å². The van der Waals surface area contributed by atoms with E-state index >= 15 is 0 Å². The predicted molar refractivity (Wildman–Crippen MR) is 284 cm³/mol. The largest absolute Gasteiger partial charge is 0.310 e. The molecule has 1 aliphatic carbocycles. The maximum absolute atomic E-state index is 2.49. The molecule has 0 atom stereocenters. The summed E-state index contributed by atoms with van der Waals surface area (Å²) in [7, 11) is 0. The first-order valence-electron chi connectivity index (χ1n) is 23.3. The van der Waals surface area contributed by atoms with Gasteiger partial charge in [0.1, 0.15) is 0 Å². The standard InChI is InChI=1S/C65H46N2/c1-65(2)61-23-12-11-22-56(61)57-36-29-51-41-63-60(42-58(51)64(57)65)59-40-50(30-37-62(59)67(63)52-20-7-4-8-21-52)48-19-13-18-47(38-48)46-26-33-54(34-27-46)66(55-35-28-44-16-9-10-17-49(44)39-55)53-31-24-45(25-32-53)43-14-5-3-6-15-43/h3-42H,1-2H3. The van der Waals surface area contributed by atoms with E-state index in [0.29, 0.717) is 0 Å². The van der Waals surface area contributed by atoms with Crippen molar-refractivity contribution in [2.45, 2.75) is 19.3 Å². The van der Waals surface area contributed by atoms with Crippen molar-refractivity contribution in [3.05, 3.63) is 254 Å². The number of fused-ring (bicyclic) bond motifs is 9. The van der Waals surface area contributed by atoms with Crippen LogP contribution in [0.3, 0.4) is 0 Å². The second-order valence-electron chi connectivity index (χ2n) is 18.6. The van der Waals surface area contributed by atoms with Crippen LogP contribution >= 0.6 is 0 Å². The molecule has 0 unspecified atom stereocenters. The molecule has 0 radical (unpaired) electrons. The zero-order chi connectivity index (χ0) is 44.6. The Balaban J connectivity index is 0.899. The normalized spacial score (nSPS) is 12.7. The number of rotatable bonds is 7. The fourth-order valence-electron chi connectivity index (χ4n) is 11.0. The van der Waals surface area contributed by atoms with Gasteiger partial charge in [0.15, 0.2) is 0 Å². The van der Waals surface area contributed by atoms with Crippen molar-refractivity contribution in [2.75, 3.05) is 4.90 Å². The van der Waals surface area contributed by atoms with Crippen LogP contribution in [0, 0.1) is 0 Å². The molecule has 1 heterocycles. The van der Waals surface area contributed by atoms with E-state index in [-0.39, 0.29) is 5.41 Å². The lowest BCUT2D eigenvalue weighted by molar-refractivity contribution is 0.666. The summed E-state index contributed by atoms with van der Waals surface area (Å²) in [5.41, 5.74) is 19.5. The highest BCUT2D eigenvalue weighted by Crippen LogP contribution is 2.52. The molecule has 0 saturated heterocycles. The number of nitrogens with zero attached hydrogens (tertiary/aromatic N) is 2. The molecule has 316 valence electrons. The molecule has 12 aromatic rings. The highest BCUT2D eigenvalue weighted by atomic mass is 15.1. The van der Waals surface area contributed by atoms with Gasteiger partial charge in [-0.2, -0.15) is 0 Å². The Morgan fingerprint density at radius 2 is 0.881 bits per heavy atom. The Labute approximate surface area is 391 Å². The summed E-state index contributed by atoms with van der Waals surface area (Å²) in [5.74, 6) is 0. The molecule has 0 amide bonds. The molecule has 0 saturated carbocycles. The average molecular weight is 855 g/mol. The number of hydrogen-bond acceptors (Lipinski definition) is 1. The summed E-state index contributed by atoms with van der Waals surface area (Å²) in [5, 5.41) is 7.57. The molecule has 1 aromatic heterocycles. The summed E-state index contributed by atoms with van der Waals surface area (Å²) in [6.45, 7) is 4.78. The van der Waals surface area contributed by atoms with E-state index in [1.807, 2.05) is 0 Å². The molecule has 0 N–H and O–H groups in total. The second-order valence-corrected chi connectivity index (χ2v) is 18.6. The van der Waals surface area contributed by atoms with E-state index in [1.165, 1.54) is 99.0 Å². The van der Waals surface area contributed by atoms with Crippen LogP contribution in [0.25, 0.3) is 93.5 Å². The second kappa shape index (κ2) is 15.3. The van der Waals surface area contributed by atoms with Crippen LogP contribution in [0.4, 0.5) is 17.1 Å². The lowest BCUT2D eigenvalue weighted by atomic mass is 9.80. The zero-order valence-electron chi connectivity index (χ0n) is 37.5. The van der Waals surface area contributed by atoms with Gasteiger partial charge in [0.05, 0.1) is 11.0 Å². The van der Waals surface area contributed by atoms with E-state index in [2.05, 4.69) is 266 Å². The Morgan fingerprint density at radius 3 is 1.64 bits per heavy atom. The minimum atomic E-state index is -0.108. The van der Waals surface area contributed by atoms with Crippen molar-refractivity contribution in [1.82, 2.24) is 4.57 Å². The molecule has 0 spiro atoms. The summed E-state index contributed by atoms with van der Waals surface area (Å²) in [4.78, 5) is 2.36. The van der Waals surface area contributed by atoms with Gasteiger partial charge in [-0.1, -0.05) is 178 Å². The van der Waals surface area contributed by atoms with Gasteiger partial charge in [-0.25, -0.2) is 0 Å². The Morgan fingerprint density at radius 1 is 0.328 bits per heavy atom. The summed E-state index contributed by atoms with van der Waals surface area (Å²) < 4.78 is 2.44. The number of benzene rings is 11. The molecule has 2 heteroatoms. The van der Waals surface area contributed by atoms with Crippen molar-refractivity contribution < 1.29 is 0 Å². The first-order chi connectivity index (χ1) is 33.0. The molecule has 1 aliphatic rings. The lowest BCUT2D eigenvalue weighted by Gasteiger charge is -2.26. The highest BCUT2D eigenvalue weighted by Gasteiger charge is 2.36. The van der Waals surface area contributed by atoms with E-state index in [9.17, 15) is 0 Å². The van der Waals surface area contributed by atoms with Crippen LogP contribution < -0.4 is 4.90 Å². The van der Waals surface area contributed by atoms with Crippen LogP contribution in [0.2, 0.25) is 0 Å². The lowest BCUT2D eigenvalue weighted by Crippen LogP contribution is -2.15. The third kappa shape index (κ3) is 6.40. The first-order valence-corrected chi connectivity index (χ1v) is 23.3. The monoisotopic (exact) mass is 854 g/mol. The Kier molecular flexibility index (Phi) is 8.91. The Hall–Kier alpha value is -8.46. The summed E-state index contributed by atoms with van der Waals surface area (Å²) in [6, 6.07) is 89.3. The maximum atomic E-state index is 2.49. The summed E-state index contributed by atoms with van der Waals surface area (Å²) >= 11 is 0. The molecule has 0 bridgehead atoms. The maximum Gasteiger partial charge on any atom is 0.0547 e. The van der Waals surface area contributed by atoms with Gasteiger partial charge < -0.3 is 9.47 Å². The SMILES string of the molecule is CC1(C)c2ccccc2-c2ccc3cc4c(cc3c21)c1cc(-c2cccc(-c3ccc(N(c5ccc(-c6ccccc6)cc5)c5ccc6ccccc6c5)cc3)c2)ccc1n4-c1ccccc1. The highest BCUT2D eigenvalue weighted by molar-refractivity contribution is 6.16. The fraction of sp³-hybridized carbons (Fsp3) is 0.0462.